The van der Waals surface area contributed by atoms with Crippen LogP contribution in [0.5, 0.6) is 0 Å². The lowest BCUT2D eigenvalue weighted by atomic mass is 9.47. The number of rotatable bonds is 1. The first-order valence-electron chi connectivity index (χ1n) is 8.89. The highest BCUT2D eigenvalue weighted by Gasteiger charge is 2.59. The predicted molar refractivity (Wildman–Crippen MR) is 89.9 cm³/mol. The average Bonchev–Trinajstić information content (AvgIpc) is 2.82. The summed E-state index contributed by atoms with van der Waals surface area (Å²) in [5.74, 6) is 3.57. The van der Waals surface area contributed by atoms with Gasteiger partial charge < -0.3 is 0 Å². The number of carbonyl (C=O) groups excluding carboxylic acids is 2. The van der Waals surface area contributed by atoms with Crippen molar-refractivity contribution in [3.8, 4) is 0 Å². The molecule has 5 atom stereocenters. The maximum Gasteiger partial charge on any atom is 0.155 e. The Morgan fingerprint density at radius 2 is 1.91 bits per heavy atom. The standard InChI is InChI=1S/C19H26O2S/c1-18-8-7-16-14(15(18)4-5-17(18)21)3-2-12-10-13(20)6-9-19(12,16)11-22/h10,14-16,22H,2-9,11H2,1H3/t14?,15?,16?,18-,19+/m0/s1. The Morgan fingerprint density at radius 3 is 2.68 bits per heavy atom. The Balaban J connectivity index is 1.73. The first-order chi connectivity index (χ1) is 10.5. The van der Waals surface area contributed by atoms with Crippen LogP contribution < -0.4 is 0 Å². The molecule has 0 radical (unpaired) electrons. The first-order valence-corrected chi connectivity index (χ1v) is 9.52. The van der Waals surface area contributed by atoms with Gasteiger partial charge in [-0.05, 0) is 68.1 Å². The first kappa shape index (κ1) is 15.0. The minimum atomic E-state index is -0.0509. The van der Waals surface area contributed by atoms with Crippen molar-refractivity contribution in [1.29, 1.82) is 0 Å². The number of allylic oxidation sites excluding steroid dienone is 1. The molecule has 3 unspecified atom stereocenters. The van der Waals surface area contributed by atoms with E-state index in [0.29, 0.717) is 35.7 Å². The number of carbonyl (C=O) groups is 2. The molecule has 3 heteroatoms. The molecule has 0 saturated heterocycles. The molecule has 120 valence electrons. The van der Waals surface area contributed by atoms with Gasteiger partial charge in [-0.15, -0.1) is 0 Å². The van der Waals surface area contributed by atoms with E-state index in [9.17, 15) is 9.59 Å². The summed E-state index contributed by atoms with van der Waals surface area (Å²) < 4.78 is 0. The van der Waals surface area contributed by atoms with Crippen LogP contribution in [0.1, 0.15) is 58.3 Å². The van der Waals surface area contributed by atoms with E-state index in [-0.39, 0.29) is 10.8 Å². The van der Waals surface area contributed by atoms with Crippen LogP contribution in [-0.4, -0.2) is 17.3 Å². The molecule has 0 spiro atoms. The zero-order chi connectivity index (χ0) is 15.5. The summed E-state index contributed by atoms with van der Waals surface area (Å²) in [6.07, 6.45) is 9.93. The van der Waals surface area contributed by atoms with Gasteiger partial charge in [0.25, 0.3) is 0 Å². The van der Waals surface area contributed by atoms with Crippen molar-refractivity contribution >= 4 is 24.2 Å². The molecule has 2 nitrogen and oxygen atoms in total. The second-order valence-corrected chi connectivity index (χ2v) is 8.60. The Hall–Kier alpha value is -0.570. The fraction of sp³-hybridized carbons (Fsp3) is 0.789. The van der Waals surface area contributed by atoms with Crippen molar-refractivity contribution in [2.45, 2.75) is 58.3 Å². The lowest BCUT2D eigenvalue weighted by molar-refractivity contribution is -0.132. The monoisotopic (exact) mass is 318 g/mol. The minimum Gasteiger partial charge on any atom is -0.299 e. The number of thiol groups is 1. The Labute approximate surface area is 138 Å². The molecule has 3 saturated carbocycles. The van der Waals surface area contributed by atoms with Crippen LogP contribution in [0.3, 0.4) is 0 Å². The van der Waals surface area contributed by atoms with Crippen molar-refractivity contribution in [1.82, 2.24) is 0 Å². The van der Waals surface area contributed by atoms with Gasteiger partial charge in [0.2, 0.25) is 0 Å². The van der Waals surface area contributed by atoms with Gasteiger partial charge in [-0.1, -0.05) is 12.5 Å². The third-order valence-corrected chi connectivity index (χ3v) is 8.24. The molecule has 0 aromatic carbocycles. The van der Waals surface area contributed by atoms with E-state index in [1.807, 2.05) is 6.08 Å². The van der Waals surface area contributed by atoms with Gasteiger partial charge in [0.05, 0.1) is 0 Å². The van der Waals surface area contributed by atoms with Crippen LogP contribution in [-0.2, 0) is 9.59 Å². The lowest BCUT2D eigenvalue weighted by Crippen LogP contribution is -2.52. The lowest BCUT2D eigenvalue weighted by Gasteiger charge is -2.57. The van der Waals surface area contributed by atoms with Crippen LogP contribution in [0.2, 0.25) is 0 Å². The third kappa shape index (κ3) is 1.81. The molecule has 0 aliphatic heterocycles. The summed E-state index contributed by atoms with van der Waals surface area (Å²) >= 11 is 4.74. The van der Waals surface area contributed by atoms with Crippen molar-refractivity contribution in [3.63, 3.8) is 0 Å². The maximum atomic E-state index is 12.4. The van der Waals surface area contributed by atoms with Crippen LogP contribution in [0.25, 0.3) is 0 Å². The third-order valence-electron chi connectivity index (χ3n) is 7.68. The summed E-state index contributed by atoms with van der Waals surface area (Å²) in [6.45, 7) is 2.23. The zero-order valence-corrected chi connectivity index (χ0v) is 14.3. The predicted octanol–water partition coefficient (Wildman–Crippen LogP) is 4.00. The van der Waals surface area contributed by atoms with Crippen molar-refractivity contribution in [2.75, 3.05) is 5.75 Å². The molecular weight excluding hydrogens is 292 g/mol. The van der Waals surface area contributed by atoms with Crippen LogP contribution in [0.4, 0.5) is 0 Å². The molecule has 0 amide bonds. The topological polar surface area (TPSA) is 34.1 Å². The van der Waals surface area contributed by atoms with Crippen LogP contribution in [0, 0.1) is 28.6 Å². The number of fused-ring (bicyclic) bond motifs is 5. The fourth-order valence-corrected chi connectivity index (χ4v) is 7.02. The molecule has 0 aromatic rings. The zero-order valence-electron chi connectivity index (χ0n) is 13.4. The summed E-state index contributed by atoms with van der Waals surface area (Å²) in [7, 11) is 0. The van der Waals surface area contributed by atoms with Gasteiger partial charge in [0.1, 0.15) is 5.78 Å². The molecule has 4 rings (SSSR count). The molecule has 0 aromatic heterocycles. The quantitative estimate of drug-likeness (QED) is 0.742. The molecule has 22 heavy (non-hydrogen) atoms. The maximum absolute atomic E-state index is 12.4. The Kier molecular flexibility index (Phi) is 3.38. The SMILES string of the molecule is C[C@]12CCC3C(CCC4=CC(=O)CC[C@@]43CS)C1CCC2=O. The second kappa shape index (κ2) is 4.96. The largest absolute Gasteiger partial charge is 0.299 e. The Morgan fingerprint density at radius 1 is 1.09 bits per heavy atom. The van der Waals surface area contributed by atoms with Gasteiger partial charge in [0, 0.05) is 23.7 Å². The molecule has 4 aliphatic rings. The van der Waals surface area contributed by atoms with Gasteiger partial charge in [0.15, 0.2) is 5.78 Å². The van der Waals surface area contributed by atoms with Gasteiger partial charge in [-0.2, -0.15) is 12.6 Å². The van der Waals surface area contributed by atoms with Gasteiger partial charge in [-0.25, -0.2) is 0 Å². The smallest absolute Gasteiger partial charge is 0.155 e. The van der Waals surface area contributed by atoms with Crippen molar-refractivity contribution in [3.05, 3.63) is 11.6 Å². The summed E-state index contributed by atoms with van der Waals surface area (Å²) in [5.41, 5.74) is 1.48. The van der Waals surface area contributed by atoms with E-state index in [0.717, 1.165) is 44.3 Å². The minimum absolute atomic E-state index is 0.0509. The number of ketones is 2. The fourth-order valence-electron chi connectivity index (χ4n) is 6.43. The molecule has 0 heterocycles. The molecule has 3 fully saturated rings. The highest BCUT2D eigenvalue weighted by Crippen LogP contribution is 2.64. The van der Waals surface area contributed by atoms with E-state index in [4.69, 9.17) is 12.6 Å². The summed E-state index contributed by atoms with van der Waals surface area (Å²) in [5, 5.41) is 0. The van der Waals surface area contributed by atoms with Gasteiger partial charge >= 0.3 is 0 Å². The summed E-state index contributed by atoms with van der Waals surface area (Å²) in [6, 6.07) is 0. The van der Waals surface area contributed by atoms with E-state index < -0.39 is 0 Å². The van der Waals surface area contributed by atoms with Gasteiger partial charge in [-0.3, -0.25) is 9.59 Å². The molecule has 0 bridgehead atoms. The van der Waals surface area contributed by atoms with Crippen LogP contribution >= 0.6 is 12.6 Å². The molecule has 0 N–H and O–H groups in total. The van der Waals surface area contributed by atoms with E-state index in [1.54, 1.807) is 0 Å². The second-order valence-electron chi connectivity index (χ2n) is 8.28. The van der Waals surface area contributed by atoms with E-state index >= 15 is 0 Å². The summed E-state index contributed by atoms with van der Waals surface area (Å²) in [4.78, 5) is 24.3. The molecule has 4 aliphatic carbocycles. The number of hydrogen-bond donors (Lipinski definition) is 1. The number of hydrogen-bond acceptors (Lipinski definition) is 3. The van der Waals surface area contributed by atoms with E-state index in [1.165, 1.54) is 12.0 Å². The highest BCUT2D eigenvalue weighted by atomic mass is 32.1. The van der Waals surface area contributed by atoms with Crippen molar-refractivity contribution in [2.24, 2.45) is 28.6 Å². The Bertz CT molecular complexity index is 566. The van der Waals surface area contributed by atoms with Crippen LogP contribution in [0.15, 0.2) is 11.6 Å². The van der Waals surface area contributed by atoms with Crippen molar-refractivity contribution < 1.29 is 9.59 Å². The highest BCUT2D eigenvalue weighted by molar-refractivity contribution is 7.80. The van der Waals surface area contributed by atoms with E-state index in [2.05, 4.69) is 6.92 Å². The number of Topliss-reactive ketones (excluding diaryl/α,β-unsaturated/α-hetero) is 1. The normalized spacial score (nSPS) is 47.5. The molecular formula is C19H26O2S. The average molecular weight is 318 g/mol.